The summed E-state index contributed by atoms with van der Waals surface area (Å²) in [4.78, 5) is 20.1. The van der Waals surface area contributed by atoms with Crippen LogP contribution in [0.5, 0.6) is 0 Å². The van der Waals surface area contributed by atoms with Gasteiger partial charge in [0, 0.05) is 22.5 Å². The van der Waals surface area contributed by atoms with E-state index < -0.39 is 0 Å². The summed E-state index contributed by atoms with van der Waals surface area (Å²) in [6.07, 6.45) is 1.76. The van der Waals surface area contributed by atoms with Gasteiger partial charge < -0.3 is 0 Å². The fourth-order valence-electron chi connectivity index (χ4n) is 2.65. The molecule has 1 aliphatic rings. The number of aryl methyl sites for hydroxylation is 1. The summed E-state index contributed by atoms with van der Waals surface area (Å²) in [5.74, 6) is 0.0216. The topological polar surface area (TPSA) is 32.7 Å². The van der Waals surface area contributed by atoms with Crippen LogP contribution in [-0.4, -0.2) is 24.7 Å². The zero-order valence-corrected chi connectivity index (χ0v) is 13.6. The fraction of sp³-hybridized carbons (Fsp3) is 0.222. The first-order valence-electron chi connectivity index (χ1n) is 7.25. The first-order chi connectivity index (χ1) is 10.6. The van der Waals surface area contributed by atoms with Crippen LogP contribution in [0.3, 0.4) is 0 Å². The molecule has 3 rings (SSSR count). The maximum Gasteiger partial charge on any atom is 0.249 e. The van der Waals surface area contributed by atoms with E-state index in [1.165, 1.54) is 10.4 Å². The van der Waals surface area contributed by atoms with Gasteiger partial charge in [0.1, 0.15) is 11.5 Å². The number of fused-ring (bicyclic) bond motifs is 1. The fourth-order valence-corrected chi connectivity index (χ4v) is 3.83. The zero-order valence-electron chi connectivity index (χ0n) is 12.8. The summed E-state index contributed by atoms with van der Waals surface area (Å²) >= 11 is 1.66. The Morgan fingerprint density at radius 1 is 1.32 bits per heavy atom. The monoisotopic (exact) mass is 310 g/mol. The number of amides is 1. The molecule has 1 amide bonds. The average Bonchev–Trinajstić information content (AvgIpc) is 2.74. The first-order valence-corrected chi connectivity index (χ1v) is 8.06. The molecule has 0 saturated heterocycles. The molecule has 0 radical (unpaired) electrons. The van der Waals surface area contributed by atoms with Crippen molar-refractivity contribution >= 4 is 28.0 Å². The van der Waals surface area contributed by atoms with Crippen LogP contribution < -0.4 is 4.90 Å². The van der Waals surface area contributed by atoms with Crippen molar-refractivity contribution < 1.29 is 4.79 Å². The van der Waals surface area contributed by atoms with Crippen LogP contribution in [-0.2, 0) is 4.79 Å². The van der Waals surface area contributed by atoms with E-state index in [9.17, 15) is 4.79 Å². The van der Waals surface area contributed by atoms with E-state index in [0.29, 0.717) is 6.54 Å². The van der Waals surface area contributed by atoms with Crippen molar-refractivity contribution in [3.63, 3.8) is 0 Å². The lowest BCUT2D eigenvalue weighted by Gasteiger charge is -2.18. The molecule has 0 atom stereocenters. The summed E-state index contributed by atoms with van der Waals surface area (Å²) in [6.45, 7) is 8.66. The highest BCUT2D eigenvalue weighted by molar-refractivity contribution is 7.17. The zero-order chi connectivity index (χ0) is 15.7. The van der Waals surface area contributed by atoms with Crippen LogP contribution in [0.1, 0.15) is 21.6 Å². The van der Waals surface area contributed by atoms with Gasteiger partial charge in [-0.3, -0.25) is 14.7 Å². The van der Waals surface area contributed by atoms with Crippen molar-refractivity contribution in [1.29, 1.82) is 0 Å². The summed E-state index contributed by atoms with van der Waals surface area (Å²) < 4.78 is 0. The molecule has 0 bridgehead atoms. The Bertz CT molecular complexity index is 759. The van der Waals surface area contributed by atoms with Crippen LogP contribution in [0.4, 0.5) is 5.00 Å². The lowest BCUT2D eigenvalue weighted by molar-refractivity contribution is -0.117. The molecule has 4 heteroatoms. The van der Waals surface area contributed by atoms with Gasteiger partial charge in [-0.1, -0.05) is 36.4 Å². The number of hydrogen-bond acceptors (Lipinski definition) is 3. The third-order valence-corrected chi connectivity index (χ3v) is 5.11. The minimum Gasteiger partial charge on any atom is -0.298 e. The predicted molar refractivity (Wildman–Crippen MR) is 93.3 cm³/mol. The molecule has 0 saturated carbocycles. The predicted octanol–water partition coefficient (Wildman–Crippen LogP) is 3.73. The van der Waals surface area contributed by atoms with Crippen LogP contribution in [0.15, 0.2) is 48.0 Å². The quantitative estimate of drug-likeness (QED) is 0.795. The molecule has 22 heavy (non-hydrogen) atoms. The highest BCUT2D eigenvalue weighted by Gasteiger charge is 2.28. The van der Waals surface area contributed by atoms with E-state index in [2.05, 4.69) is 25.4 Å². The van der Waals surface area contributed by atoms with Crippen molar-refractivity contribution in [1.82, 2.24) is 0 Å². The van der Waals surface area contributed by atoms with E-state index in [1.54, 1.807) is 22.3 Å². The third kappa shape index (κ3) is 2.40. The maximum absolute atomic E-state index is 12.4. The molecular weight excluding hydrogens is 292 g/mol. The SMILES string of the molecule is C=CCN1C(=O)CN=C(c2ccccc2)c2c1sc(C)c2C. The minimum atomic E-state index is 0.0216. The number of nitrogens with zero attached hydrogens (tertiary/aromatic N) is 2. The Balaban J connectivity index is 2.23. The number of thiophene rings is 1. The number of benzene rings is 1. The maximum atomic E-state index is 12.4. The summed E-state index contributed by atoms with van der Waals surface area (Å²) in [6, 6.07) is 10.1. The van der Waals surface area contributed by atoms with Crippen molar-refractivity contribution in [2.45, 2.75) is 13.8 Å². The smallest absolute Gasteiger partial charge is 0.249 e. The van der Waals surface area contributed by atoms with E-state index in [1.807, 2.05) is 30.3 Å². The van der Waals surface area contributed by atoms with Gasteiger partial charge in [0.05, 0.1) is 5.71 Å². The minimum absolute atomic E-state index is 0.0216. The molecule has 0 unspecified atom stereocenters. The van der Waals surface area contributed by atoms with E-state index in [0.717, 1.165) is 21.8 Å². The number of rotatable bonds is 3. The highest BCUT2D eigenvalue weighted by atomic mass is 32.1. The molecule has 2 heterocycles. The number of carbonyl (C=O) groups is 1. The first kappa shape index (κ1) is 14.7. The molecule has 0 aliphatic carbocycles. The number of aliphatic imine (C=N–C) groups is 1. The number of anilines is 1. The summed E-state index contributed by atoms with van der Waals surface area (Å²) in [5.41, 5.74) is 4.25. The van der Waals surface area contributed by atoms with Crippen molar-refractivity contribution in [3.05, 3.63) is 64.6 Å². The largest absolute Gasteiger partial charge is 0.298 e. The lowest BCUT2D eigenvalue weighted by atomic mass is 10.00. The Morgan fingerprint density at radius 2 is 2.05 bits per heavy atom. The van der Waals surface area contributed by atoms with Gasteiger partial charge in [-0.15, -0.1) is 17.9 Å². The Labute approximate surface area is 134 Å². The lowest BCUT2D eigenvalue weighted by Crippen LogP contribution is -2.31. The molecule has 0 fully saturated rings. The standard InChI is InChI=1S/C18H18N2OS/c1-4-10-20-15(21)11-19-17(14-8-6-5-7-9-14)16-12(2)13(3)22-18(16)20/h4-9H,1,10-11H2,2-3H3. The van der Waals surface area contributed by atoms with Gasteiger partial charge in [0.25, 0.3) is 0 Å². The molecule has 0 spiro atoms. The van der Waals surface area contributed by atoms with Gasteiger partial charge in [-0.25, -0.2) is 0 Å². The molecule has 2 aromatic rings. The molecule has 0 N–H and O–H groups in total. The number of carbonyl (C=O) groups excluding carboxylic acids is 1. The van der Waals surface area contributed by atoms with E-state index >= 15 is 0 Å². The van der Waals surface area contributed by atoms with E-state index in [4.69, 9.17) is 0 Å². The van der Waals surface area contributed by atoms with Gasteiger partial charge in [-0.2, -0.15) is 0 Å². The van der Waals surface area contributed by atoms with Gasteiger partial charge in [0.2, 0.25) is 5.91 Å². The second-order valence-corrected chi connectivity index (χ2v) is 6.49. The summed E-state index contributed by atoms with van der Waals surface area (Å²) in [5, 5.41) is 0.986. The van der Waals surface area contributed by atoms with Crippen LogP contribution in [0, 0.1) is 13.8 Å². The highest BCUT2D eigenvalue weighted by Crippen LogP contribution is 2.38. The molecule has 1 aliphatic heterocycles. The van der Waals surface area contributed by atoms with Crippen LogP contribution >= 0.6 is 11.3 Å². The van der Waals surface area contributed by atoms with Gasteiger partial charge in [-0.05, 0) is 19.4 Å². The molecule has 112 valence electrons. The number of hydrogen-bond donors (Lipinski definition) is 0. The second kappa shape index (κ2) is 5.89. The Kier molecular flexibility index (Phi) is 3.94. The second-order valence-electron chi connectivity index (χ2n) is 5.29. The Morgan fingerprint density at radius 3 is 2.73 bits per heavy atom. The van der Waals surface area contributed by atoms with Crippen molar-refractivity contribution in [2.24, 2.45) is 4.99 Å². The van der Waals surface area contributed by atoms with Crippen LogP contribution in [0.25, 0.3) is 0 Å². The normalized spacial score (nSPS) is 14.4. The van der Waals surface area contributed by atoms with Crippen molar-refractivity contribution in [3.8, 4) is 0 Å². The molecule has 1 aromatic carbocycles. The Hall–Kier alpha value is -2.20. The molecule has 3 nitrogen and oxygen atoms in total. The summed E-state index contributed by atoms with van der Waals surface area (Å²) in [7, 11) is 0. The van der Waals surface area contributed by atoms with Gasteiger partial charge in [0.15, 0.2) is 0 Å². The van der Waals surface area contributed by atoms with E-state index in [-0.39, 0.29) is 12.5 Å². The molecule has 1 aromatic heterocycles. The third-order valence-electron chi connectivity index (χ3n) is 3.88. The van der Waals surface area contributed by atoms with Gasteiger partial charge >= 0.3 is 0 Å². The van der Waals surface area contributed by atoms with Crippen LogP contribution in [0.2, 0.25) is 0 Å². The average molecular weight is 310 g/mol. The van der Waals surface area contributed by atoms with Crippen molar-refractivity contribution in [2.75, 3.05) is 18.0 Å². The molecular formula is C18H18N2OS.